The molecule has 0 saturated carbocycles. The van der Waals surface area contributed by atoms with Gasteiger partial charge in [-0.15, -0.1) is 11.3 Å². The monoisotopic (exact) mass is 344 g/mol. The normalized spacial score (nSPS) is 11.3. The lowest BCUT2D eigenvalue weighted by atomic mass is 10.3. The van der Waals surface area contributed by atoms with Crippen molar-refractivity contribution in [1.29, 1.82) is 0 Å². The molecule has 9 heteroatoms. The predicted molar refractivity (Wildman–Crippen MR) is 80.0 cm³/mol. The van der Waals surface area contributed by atoms with Gasteiger partial charge in [-0.1, -0.05) is 6.07 Å². The number of amides is 2. The predicted octanol–water partition coefficient (Wildman–Crippen LogP) is 2.91. The SMILES string of the molecule is Cc1cc(C(F)(F)F)nc(CCNC(=O)NCc2cccs2)n1. The van der Waals surface area contributed by atoms with Gasteiger partial charge in [-0.25, -0.2) is 14.8 Å². The van der Waals surface area contributed by atoms with Crippen molar-refractivity contribution in [2.45, 2.75) is 26.1 Å². The van der Waals surface area contributed by atoms with Crippen LogP contribution in [-0.2, 0) is 19.1 Å². The summed E-state index contributed by atoms with van der Waals surface area (Å²) in [5, 5.41) is 7.13. The lowest BCUT2D eigenvalue weighted by Crippen LogP contribution is -2.36. The molecule has 2 amide bonds. The van der Waals surface area contributed by atoms with Crippen LogP contribution in [0.25, 0.3) is 0 Å². The van der Waals surface area contributed by atoms with Crippen LogP contribution in [0, 0.1) is 6.92 Å². The number of nitrogens with zero attached hydrogens (tertiary/aromatic N) is 2. The minimum atomic E-state index is -4.51. The average molecular weight is 344 g/mol. The van der Waals surface area contributed by atoms with E-state index in [1.54, 1.807) is 0 Å². The number of alkyl halides is 3. The van der Waals surface area contributed by atoms with Crippen LogP contribution in [-0.4, -0.2) is 22.5 Å². The van der Waals surface area contributed by atoms with Crippen LogP contribution in [0.4, 0.5) is 18.0 Å². The molecule has 0 spiro atoms. The van der Waals surface area contributed by atoms with E-state index >= 15 is 0 Å². The Bertz CT molecular complexity index is 659. The molecule has 2 heterocycles. The third-order valence-corrected chi connectivity index (χ3v) is 3.70. The van der Waals surface area contributed by atoms with Crippen molar-refractivity contribution >= 4 is 17.4 Å². The van der Waals surface area contributed by atoms with E-state index in [1.807, 2.05) is 17.5 Å². The number of rotatable bonds is 5. The number of urea groups is 1. The fourth-order valence-corrected chi connectivity index (χ4v) is 2.46. The molecule has 0 unspecified atom stereocenters. The highest BCUT2D eigenvalue weighted by molar-refractivity contribution is 7.09. The standard InChI is InChI=1S/C14H15F3N4OS/c1-9-7-11(14(15,16)17)21-12(20-9)4-5-18-13(22)19-8-10-3-2-6-23-10/h2-3,6-7H,4-5,8H2,1H3,(H2,18,19,22). The van der Waals surface area contributed by atoms with Crippen LogP contribution in [0.3, 0.4) is 0 Å². The van der Waals surface area contributed by atoms with E-state index in [9.17, 15) is 18.0 Å². The van der Waals surface area contributed by atoms with Gasteiger partial charge in [0.2, 0.25) is 0 Å². The van der Waals surface area contributed by atoms with E-state index in [0.717, 1.165) is 10.9 Å². The quantitative estimate of drug-likeness (QED) is 0.876. The van der Waals surface area contributed by atoms with Crippen LogP contribution in [0.15, 0.2) is 23.6 Å². The van der Waals surface area contributed by atoms with Gasteiger partial charge < -0.3 is 10.6 Å². The zero-order valence-electron chi connectivity index (χ0n) is 12.3. The molecule has 2 N–H and O–H groups in total. The number of halogens is 3. The van der Waals surface area contributed by atoms with E-state index in [0.29, 0.717) is 6.54 Å². The summed E-state index contributed by atoms with van der Waals surface area (Å²) >= 11 is 1.52. The van der Waals surface area contributed by atoms with Gasteiger partial charge in [-0.2, -0.15) is 13.2 Å². The number of carbonyl (C=O) groups excluding carboxylic acids is 1. The molecule has 2 aromatic rings. The third kappa shape index (κ3) is 5.51. The number of thiophene rings is 1. The first-order valence-electron chi connectivity index (χ1n) is 6.80. The smallest absolute Gasteiger partial charge is 0.338 e. The lowest BCUT2D eigenvalue weighted by molar-refractivity contribution is -0.141. The van der Waals surface area contributed by atoms with Crippen molar-refractivity contribution in [3.8, 4) is 0 Å². The minimum Gasteiger partial charge on any atom is -0.338 e. The van der Waals surface area contributed by atoms with Gasteiger partial charge in [-0.3, -0.25) is 0 Å². The molecule has 0 fully saturated rings. The summed E-state index contributed by atoms with van der Waals surface area (Å²) in [4.78, 5) is 20.0. The zero-order chi connectivity index (χ0) is 16.9. The maximum Gasteiger partial charge on any atom is 0.433 e. The highest BCUT2D eigenvalue weighted by Crippen LogP contribution is 2.27. The van der Waals surface area contributed by atoms with Crippen LogP contribution >= 0.6 is 11.3 Å². The van der Waals surface area contributed by atoms with E-state index in [4.69, 9.17) is 0 Å². The van der Waals surface area contributed by atoms with Gasteiger partial charge in [0.05, 0.1) is 6.54 Å². The second-order valence-corrected chi connectivity index (χ2v) is 5.78. The van der Waals surface area contributed by atoms with Gasteiger partial charge in [0.1, 0.15) is 11.5 Å². The topological polar surface area (TPSA) is 66.9 Å². The summed E-state index contributed by atoms with van der Waals surface area (Å²) in [5.74, 6) is 0.0517. The molecular formula is C14H15F3N4OS. The maximum absolute atomic E-state index is 12.7. The highest BCUT2D eigenvalue weighted by Gasteiger charge is 2.33. The van der Waals surface area contributed by atoms with E-state index < -0.39 is 11.9 Å². The number of hydrogen-bond acceptors (Lipinski definition) is 4. The van der Waals surface area contributed by atoms with Crippen molar-refractivity contribution < 1.29 is 18.0 Å². The summed E-state index contributed by atoms with van der Waals surface area (Å²) in [6.45, 7) is 2.03. The van der Waals surface area contributed by atoms with Crippen LogP contribution in [0.1, 0.15) is 22.1 Å². The molecule has 0 atom stereocenters. The fourth-order valence-electron chi connectivity index (χ4n) is 1.82. The number of nitrogens with one attached hydrogen (secondary N) is 2. The number of hydrogen-bond donors (Lipinski definition) is 2. The summed E-state index contributed by atoms with van der Waals surface area (Å²) < 4.78 is 38.0. The Morgan fingerprint density at radius 3 is 2.74 bits per heavy atom. The molecule has 23 heavy (non-hydrogen) atoms. The van der Waals surface area contributed by atoms with Crippen molar-refractivity contribution in [3.63, 3.8) is 0 Å². The Hall–Kier alpha value is -2.16. The lowest BCUT2D eigenvalue weighted by Gasteiger charge is -2.09. The van der Waals surface area contributed by atoms with Gasteiger partial charge in [0.25, 0.3) is 0 Å². The molecular weight excluding hydrogens is 329 g/mol. The van der Waals surface area contributed by atoms with Gasteiger partial charge >= 0.3 is 12.2 Å². The second kappa shape index (κ2) is 7.40. The Balaban J connectivity index is 1.81. The molecule has 0 aliphatic rings. The molecule has 0 aliphatic heterocycles. The highest BCUT2D eigenvalue weighted by atomic mass is 32.1. The Morgan fingerprint density at radius 1 is 1.30 bits per heavy atom. The number of aromatic nitrogens is 2. The minimum absolute atomic E-state index is 0.0517. The molecule has 2 rings (SSSR count). The Labute approximate surface area is 135 Å². The summed E-state index contributed by atoms with van der Waals surface area (Å²) in [6.07, 6.45) is -4.38. The van der Waals surface area contributed by atoms with E-state index in [2.05, 4.69) is 20.6 Å². The third-order valence-electron chi connectivity index (χ3n) is 2.83. The fraction of sp³-hybridized carbons (Fsp3) is 0.357. The van der Waals surface area contributed by atoms with Gasteiger partial charge in [0, 0.05) is 23.5 Å². The van der Waals surface area contributed by atoms with Gasteiger partial charge in [0.15, 0.2) is 0 Å². The molecule has 0 saturated heterocycles. The first kappa shape index (κ1) is 17.2. The molecule has 124 valence electrons. The van der Waals surface area contributed by atoms with Crippen molar-refractivity contribution in [2.75, 3.05) is 6.54 Å². The molecule has 5 nitrogen and oxygen atoms in total. The Kier molecular flexibility index (Phi) is 5.54. The summed E-state index contributed by atoms with van der Waals surface area (Å²) in [6, 6.07) is 4.28. The zero-order valence-corrected chi connectivity index (χ0v) is 13.1. The van der Waals surface area contributed by atoms with E-state index in [1.165, 1.54) is 18.3 Å². The molecule has 0 aromatic carbocycles. The van der Waals surface area contributed by atoms with Crippen LogP contribution < -0.4 is 10.6 Å². The first-order valence-corrected chi connectivity index (χ1v) is 7.68. The molecule has 0 bridgehead atoms. The molecule has 2 aromatic heterocycles. The number of carbonyl (C=O) groups is 1. The molecule has 0 radical (unpaired) electrons. The van der Waals surface area contributed by atoms with Crippen molar-refractivity contribution in [2.24, 2.45) is 0 Å². The maximum atomic E-state index is 12.7. The van der Waals surface area contributed by atoms with Crippen molar-refractivity contribution in [1.82, 2.24) is 20.6 Å². The number of aryl methyl sites for hydroxylation is 1. The van der Waals surface area contributed by atoms with Gasteiger partial charge in [-0.05, 0) is 24.4 Å². The van der Waals surface area contributed by atoms with Crippen LogP contribution in [0.5, 0.6) is 0 Å². The summed E-state index contributed by atoms with van der Waals surface area (Å²) in [7, 11) is 0. The second-order valence-electron chi connectivity index (χ2n) is 4.75. The Morgan fingerprint density at radius 2 is 2.09 bits per heavy atom. The first-order chi connectivity index (χ1) is 10.8. The molecule has 0 aliphatic carbocycles. The van der Waals surface area contributed by atoms with E-state index in [-0.39, 0.29) is 30.5 Å². The largest absolute Gasteiger partial charge is 0.433 e. The van der Waals surface area contributed by atoms with Crippen molar-refractivity contribution in [3.05, 3.63) is 45.7 Å². The summed E-state index contributed by atoms with van der Waals surface area (Å²) in [5.41, 5.74) is -0.730. The van der Waals surface area contributed by atoms with Crippen LogP contribution in [0.2, 0.25) is 0 Å². The average Bonchev–Trinajstić information content (AvgIpc) is 2.97.